The lowest BCUT2D eigenvalue weighted by atomic mass is 9.94. The number of rotatable bonds is 8. The highest BCUT2D eigenvalue weighted by molar-refractivity contribution is 7.26. The lowest BCUT2D eigenvalue weighted by Gasteiger charge is -2.35. The van der Waals surface area contributed by atoms with Crippen LogP contribution in [-0.4, -0.2) is 17.2 Å². The SMILES string of the molecule is c1ccc(-c2ccccc2-c2cccc(-n3c4ccccc4c4cccc(-n5c6ccccc6c6c([Si](c7ccccc7)(c7ccccc7)c7ccc8sc9ccccc9c8c7)cccc65)c43)c2)cc1. The molecule has 4 heteroatoms. The van der Waals surface area contributed by atoms with E-state index in [1.54, 1.807) is 0 Å². The average molecular weight is 925 g/mol. The third kappa shape index (κ3) is 6.10. The first-order chi connectivity index (χ1) is 34.8. The van der Waals surface area contributed by atoms with Crippen molar-refractivity contribution < 1.29 is 0 Å². The Kier molecular flexibility index (Phi) is 9.44. The van der Waals surface area contributed by atoms with E-state index in [4.69, 9.17) is 0 Å². The van der Waals surface area contributed by atoms with Gasteiger partial charge >= 0.3 is 0 Å². The van der Waals surface area contributed by atoms with Crippen molar-refractivity contribution in [2.75, 3.05) is 0 Å². The molecular formula is C66H44N2SSi. The molecule has 0 radical (unpaired) electrons. The molecule has 0 saturated heterocycles. The van der Waals surface area contributed by atoms with E-state index in [-0.39, 0.29) is 0 Å². The fraction of sp³-hybridized carbons (Fsp3) is 0. The number of thiophene rings is 1. The van der Waals surface area contributed by atoms with Gasteiger partial charge in [0.25, 0.3) is 0 Å². The first-order valence-electron chi connectivity index (χ1n) is 24.1. The van der Waals surface area contributed by atoms with Crippen molar-refractivity contribution in [3.8, 4) is 33.6 Å². The summed E-state index contributed by atoms with van der Waals surface area (Å²) in [7, 11) is -3.07. The number of nitrogens with zero attached hydrogens (tertiary/aromatic N) is 2. The number of hydrogen-bond donors (Lipinski definition) is 0. The molecule has 14 rings (SSSR count). The molecule has 0 N–H and O–H groups in total. The van der Waals surface area contributed by atoms with Gasteiger partial charge in [0.2, 0.25) is 0 Å². The molecule has 0 aliphatic heterocycles. The maximum atomic E-state index is 2.56. The Morgan fingerprint density at radius 2 is 0.857 bits per heavy atom. The highest BCUT2D eigenvalue weighted by Gasteiger charge is 2.43. The minimum absolute atomic E-state index is 1.12. The van der Waals surface area contributed by atoms with E-state index < -0.39 is 8.07 Å². The summed E-state index contributed by atoms with van der Waals surface area (Å²) in [5.74, 6) is 0. The highest BCUT2D eigenvalue weighted by atomic mass is 32.1. The molecular weight excluding hydrogens is 881 g/mol. The number of para-hydroxylation sites is 3. The molecule has 0 amide bonds. The molecule has 0 atom stereocenters. The smallest absolute Gasteiger partial charge is 0.180 e. The van der Waals surface area contributed by atoms with Crippen molar-refractivity contribution in [1.82, 2.24) is 9.13 Å². The maximum Gasteiger partial charge on any atom is 0.180 e. The summed E-state index contributed by atoms with van der Waals surface area (Å²) >= 11 is 1.88. The standard InChI is InChI=1S/C66H44N2SSi/c1-4-21-45(22-5-1)51-29-10-11-30-52(51)46-23-18-24-47(43-46)67-58-35-15-12-31-53(58)55-34-19-38-61(66(55)67)68-59-36-16-13-33-56(59)65-60(68)37-20-40-64(65)70(48-25-6-2-7-26-48,49-27-8-3-9-28-49)50-41-42-63-57(44-50)54-32-14-17-39-62(54)69-63/h1-44H. The largest absolute Gasteiger partial charge is 0.307 e. The molecule has 70 heavy (non-hydrogen) atoms. The lowest BCUT2D eigenvalue weighted by molar-refractivity contribution is 1.13. The van der Waals surface area contributed by atoms with E-state index in [1.165, 1.54) is 107 Å². The predicted octanol–water partition coefficient (Wildman–Crippen LogP) is 15.0. The van der Waals surface area contributed by atoms with Gasteiger partial charge in [-0.25, -0.2) is 0 Å². The Hall–Kier alpha value is -8.54. The molecule has 0 aliphatic rings. The summed E-state index contributed by atoms with van der Waals surface area (Å²) in [6.45, 7) is 0. The summed E-state index contributed by atoms with van der Waals surface area (Å²) in [5, 5.41) is 13.1. The third-order valence-electron chi connectivity index (χ3n) is 14.7. The van der Waals surface area contributed by atoms with Gasteiger partial charge in [0, 0.05) is 47.4 Å². The Morgan fingerprint density at radius 1 is 0.314 bits per heavy atom. The van der Waals surface area contributed by atoms with Crippen LogP contribution in [0.5, 0.6) is 0 Å². The van der Waals surface area contributed by atoms with Gasteiger partial charge in [-0.15, -0.1) is 11.3 Å². The second kappa shape index (κ2) is 16.3. The molecule has 3 aromatic heterocycles. The van der Waals surface area contributed by atoms with Crippen LogP contribution >= 0.6 is 11.3 Å². The van der Waals surface area contributed by atoms with E-state index in [9.17, 15) is 0 Å². The minimum atomic E-state index is -3.07. The van der Waals surface area contributed by atoms with Crippen molar-refractivity contribution in [3.63, 3.8) is 0 Å². The topological polar surface area (TPSA) is 9.86 Å². The Morgan fingerprint density at radius 3 is 1.61 bits per heavy atom. The second-order valence-electron chi connectivity index (χ2n) is 18.3. The van der Waals surface area contributed by atoms with Crippen LogP contribution in [0.2, 0.25) is 0 Å². The number of benzene rings is 11. The fourth-order valence-electron chi connectivity index (χ4n) is 11.8. The zero-order chi connectivity index (χ0) is 46.2. The average Bonchev–Trinajstić information content (AvgIpc) is 4.10. The molecule has 0 spiro atoms. The van der Waals surface area contributed by atoms with Crippen LogP contribution in [0.1, 0.15) is 0 Å². The van der Waals surface area contributed by atoms with Gasteiger partial charge in [-0.05, 0) is 91.5 Å². The molecule has 14 aromatic rings. The van der Waals surface area contributed by atoms with Gasteiger partial charge in [0.05, 0.1) is 27.8 Å². The van der Waals surface area contributed by atoms with E-state index in [2.05, 4.69) is 276 Å². The predicted molar refractivity (Wildman–Crippen MR) is 302 cm³/mol. The van der Waals surface area contributed by atoms with Crippen LogP contribution in [0.3, 0.4) is 0 Å². The molecule has 0 aliphatic carbocycles. The van der Waals surface area contributed by atoms with Crippen LogP contribution in [0.15, 0.2) is 267 Å². The van der Waals surface area contributed by atoms with Crippen molar-refractivity contribution >= 4 is 104 Å². The summed E-state index contributed by atoms with van der Waals surface area (Å²) in [4.78, 5) is 0. The summed E-state index contributed by atoms with van der Waals surface area (Å²) in [5.41, 5.74) is 11.8. The van der Waals surface area contributed by atoms with Gasteiger partial charge < -0.3 is 9.13 Å². The van der Waals surface area contributed by atoms with Crippen LogP contribution < -0.4 is 20.7 Å². The normalized spacial score (nSPS) is 12.0. The van der Waals surface area contributed by atoms with E-state index in [0.717, 1.165) is 11.4 Å². The molecule has 11 aromatic carbocycles. The molecule has 3 heterocycles. The number of hydrogen-bond acceptors (Lipinski definition) is 1. The Labute approximate surface area is 411 Å². The molecule has 2 nitrogen and oxygen atoms in total. The summed E-state index contributed by atoms with van der Waals surface area (Å²) < 4.78 is 7.71. The van der Waals surface area contributed by atoms with Crippen LogP contribution in [0.4, 0.5) is 0 Å². The maximum absolute atomic E-state index is 3.07. The number of aromatic nitrogens is 2. The zero-order valence-corrected chi connectivity index (χ0v) is 40.0. The van der Waals surface area contributed by atoms with Gasteiger partial charge in [-0.3, -0.25) is 0 Å². The first-order valence-corrected chi connectivity index (χ1v) is 26.9. The fourth-order valence-corrected chi connectivity index (χ4v) is 17.8. The molecule has 328 valence electrons. The van der Waals surface area contributed by atoms with E-state index in [0.29, 0.717) is 0 Å². The molecule has 0 bridgehead atoms. The number of fused-ring (bicyclic) bond motifs is 9. The molecule has 0 saturated carbocycles. The van der Waals surface area contributed by atoms with Gasteiger partial charge in [0.1, 0.15) is 0 Å². The molecule has 0 fully saturated rings. The van der Waals surface area contributed by atoms with E-state index >= 15 is 0 Å². The van der Waals surface area contributed by atoms with Crippen molar-refractivity contribution in [2.45, 2.75) is 0 Å². The van der Waals surface area contributed by atoms with Gasteiger partial charge in [-0.2, -0.15) is 0 Å². The lowest BCUT2D eigenvalue weighted by Crippen LogP contribution is -2.74. The van der Waals surface area contributed by atoms with Crippen LogP contribution in [0.25, 0.3) is 97.4 Å². The van der Waals surface area contributed by atoms with Crippen molar-refractivity contribution in [1.29, 1.82) is 0 Å². The van der Waals surface area contributed by atoms with Crippen molar-refractivity contribution in [2.24, 2.45) is 0 Å². The first kappa shape index (κ1) is 40.5. The summed E-state index contributed by atoms with van der Waals surface area (Å²) in [6.07, 6.45) is 0. The summed E-state index contributed by atoms with van der Waals surface area (Å²) in [6, 6.07) is 99.7. The minimum Gasteiger partial charge on any atom is -0.307 e. The third-order valence-corrected chi connectivity index (χ3v) is 20.6. The van der Waals surface area contributed by atoms with Crippen LogP contribution in [0, 0.1) is 0 Å². The molecule has 0 unspecified atom stereocenters. The van der Waals surface area contributed by atoms with E-state index in [1.807, 2.05) is 11.3 Å². The van der Waals surface area contributed by atoms with Gasteiger partial charge in [0.15, 0.2) is 8.07 Å². The second-order valence-corrected chi connectivity index (χ2v) is 23.2. The Balaban J connectivity index is 1.07. The monoisotopic (exact) mass is 924 g/mol. The van der Waals surface area contributed by atoms with Gasteiger partial charge in [-0.1, -0.05) is 218 Å². The highest BCUT2D eigenvalue weighted by Crippen LogP contribution is 2.41. The quantitative estimate of drug-likeness (QED) is 0.106. The van der Waals surface area contributed by atoms with Crippen molar-refractivity contribution in [3.05, 3.63) is 267 Å². The van der Waals surface area contributed by atoms with Crippen LogP contribution in [-0.2, 0) is 0 Å². The zero-order valence-electron chi connectivity index (χ0n) is 38.2. The Bertz CT molecular complexity index is 4260.